The van der Waals surface area contributed by atoms with Crippen molar-refractivity contribution in [1.29, 1.82) is 0 Å². The van der Waals surface area contributed by atoms with Gasteiger partial charge in [-0.15, -0.1) is 0 Å². The van der Waals surface area contributed by atoms with Crippen LogP contribution in [0.25, 0.3) is 11.1 Å². The molecule has 0 aliphatic carbocycles. The van der Waals surface area contributed by atoms with Gasteiger partial charge in [-0.25, -0.2) is 0 Å². The van der Waals surface area contributed by atoms with Crippen LogP contribution >= 0.6 is 11.6 Å². The summed E-state index contributed by atoms with van der Waals surface area (Å²) in [5.74, 6) is -0.943. The molecule has 2 aromatic rings. The summed E-state index contributed by atoms with van der Waals surface area (Å²) < 4.78 is 0. The Bertz CT molecular complexity index is 619. The molecule has 1 N–H and O–H groups in total. The molecule has 2 rings (SSSR count). The van der Waals surface area contributed by atoms with Gasteiger partial charge < -0.3 is 9.90 Å². The molecule has 0 spiro atoms. The summed E-state index contributed by atoms with van der Waals surface area (Å²) in [5, 5.41) is 8.91. The Hall–Kier alpha value is -2.39. The third-order valence-electron chi connectivity index (χ3n) is 2.72. The van der Waals surface area contributed by atoms with Gasteiger partial charge >= 0.3 is 5.97 Å². The molecule has 0 saturated carbocycles. The van der Waals surface area contributed by atoms with Crippen molar-refractivity contribution in [1.82, 2.24) is 0 Å². The highest BCUT2D eigenvalue weighted by Gasteiger charge is 1.98. The van der Waals surface area contributed by atoms with E-state index in [1.54, 1.807) is 0 Å². The number of hydrogen-bond donors (Lipinski definition) is 1. The van der Waals surface area contributed by atoms with E-state index in [1.165, 1.54) is 11.1 Å². The maximum atomic E-state index is 9.91. The summed E-state index contributed by atoms with van der Waals surface area (Å²) >= 11 is 5.80. The lowest BCUT2D eigenvalue weighted by Gasteiger charge is -2.00. The summed E-state index contributed by atoms with van der Waals surface area (Å²) in [7, 11) is 0. The standard InChI is InChI=1S/C12H9Cl.C6H8O3/c13-12-8-6-11(7-9-12)10-4-2-1-3-5-10;1-5(2-3-7)4-6(8)9/h1-9H;3H,1-2,4H2,(H,8,9). The van der Waals surface area contributed by atoms with Crippen molar-refractivity contribution in [3.63, 3.8) is 0 Å². The molecular formula is C18H17ClO3. The first-order valence-electron chi connectivity index (χ1n) is 6.66. The molecule has 0 unspecified atom stereocenters. The van der Waals surface area contributed by atoms with E-state index >= 15 is 0 Å². The Balaban J connectivity index is 0.000000239. The molecule has 114 valence electrons. The second-order valence-electron chi connectivity index (χ2n) is 4.56. The molecule has 2 aromatic carbocycles. The number of carboxylic acid groups (broad SMARTS) is 1. The van der Waals surface area contributed by atoms with E-state index in [0.717, 1.165) is 5.02 Å². The molecule has 0 aliphatic heterocycles. The number of hydrogen-bond acceptors (Lipinski definition) is 2. The number of aldehydes is 1. The first kappa shape index (κ1) is 17.7. The van der Waals surface area contributed by atoms with Crippen molar-refractivity contribution < 1.29 is 14.7 Å². The van der Waals surface area contributed by atoms with E-state index in [-0.39, 0.29) is 12.8 Å². The van der Waals surface area contributed by atoms with Crippen LogP contribution in [0.4, 0.5) is 0 Å². The Kier molecular flexibility index (Phi) is 7.65. The molecule has 4 heteroatoms. The average Bonchev–Trinajstić information content (AvgIpc) is 2.49. The van der Waals surface area contributed by atoms with Crippen molar-refractivity contribution in [3.8, 4) is 11.1 Å². The quantitative estimate of drug-likeness (QED) is 0.647. The smallest absolute Gasteiger partial charge is 0.307 e. The zero-order valence-electron chi connectivity index (χ0n) is 12.0. The van der Waals surface area contributed by atoms with Gasteiger partial charge in [-0.05, 0) is 23.3 Å². The summed E-state index contributed by atoms with van der Waals surface area (Å²) in [6, 6.07) is 18.1. The largest absolute Gasteiger partial charge is 0.481 e. The van der Waals surface area contributed by atoms with Crippen LogP contribution in [-0.2, 0) is 9.59 Å². The maximum absolute atomic E-state index is 9.91. The molecule has 0 fully saturated rings. The highest BCUT2D eigenvalue weighted by molar-refractivity contribution is 6.30. The molecule has 3 nitrogen and oxygen atoms in total. The van der Waals surface area contributed by atoms with Crippen LogP contribution in [0.3, 0.4) is 0 Å². The monoisotopic (exact) mass is 316 g/mol. The molecular weight excluding hydrogens is 300 g/mol. The van der Waals surface area contributed by atoms with Gasteiger partial charge in [-0.2, -0.15) is 0 Å². The van der Waals surface area contributed by atoms with Crippen molar-refractivity contribution in [2.24, 2.45) is 0 Å². The van der Waals surface area contributed by atoms with Crippen LogP contribution in [-0.4, -0.2) is 17.4 Å². The fourth-order valence-electron chi connectivity index (χ4n) is 1.68. The number of benzene rings is 2. The van der Waals surface area contributed by atoms with Crippen molar-refractivity contribution in [3.05, 3.63) is 71.8 Å². The van der Waals surface area contributed by atoms with Crippen LogP contribution in [0, 0.1) is 0 Å². The molecule has 0 aliphatic rings. The number of aliphatic carboxylic acids is 1. The minimum absolute atomic E-state index is 0.112. The Morgan fingerprint density at radius 1 is 1.05 bits per heavy atom. The summed E-state index contributed by atoms with van der Waals surface area (Å²) in [6.07, 6.45) is 0.677. The van der Waals surface area contributed by atoms with Gasteiger partial charge in [0.25, 0.3) is 0 Å². The molecule has 0 heterocycles. The Labute approximate surface area is 134 Å². The molecule has 0 atom stereocenters. The van der Waals surface area contributed by atoms with Gasteiger partial charge in [0, 0.05) is 11.4 Å². The zero-order chi connectivity index (χ0) is 16.4. The fraction of sp³-hybridized carbons (Fsp3) is 0.111. The lowest BCUT2D eigenvalue weighted by molar-refractivity contribution is -0.136. The van der Waals surface area contributed by atoms with E-state index in [0.29, 0.717) is 11.9 Å². The van der Waals surface area contributed by atoms with Gasteiger partial charge in [0.1, 0.15) is 6.29 Å². The van der Waals surface area contributed by atoms with Crippen LogP contribution < -0.4 is 0 Å². The number of carbonyl (C=O) groups excluding carboxylic acids is 1. The van der Waals surface area contributed by atoms with Gasteiger partial charge in [-0.3, -0.25) is 4.79 Å². The molecule has 0 bridgehead atoms. The topological polar surface area (TPSA) is 54.4 Å². The van der Waals surface area contributed by atoms with E-state index in [4.69, 9.17) is 16.7 Å². The normalized spacial score (nSPS) is 9.32. The molecule has 0 radical (unpaired) electrons. The van der Waals surface area contributed by atoms with E-state index in [9.17, 15) is 9.59 Å². The predicted molar refractivity (Wildman–Crippen MR) is 89.0 cm³/mol. The third kappa shape index (κ3) is 6.86. The zero-order valence-corrected chi connectivity index (χ0v) is 12.8. The van der Waals surface area contributed by atoms with Crippen LogP contribution in [0.1, 0.15) is 12.8 Å². The highest BCUT2D eigenvalue weighted by Crippen LogP contribution is 2.20. The maximum Gasteiger partial charge on any atom is 0.307 e. The third-order valence-corrected chi connectivity index (χ3v) is 2.98. The molecule has 0 amide bonds. The molecule has 22 heavy (non-hydrogen) atoms. The summed E-state index contributed by atoms with van der Waals surface area (Å²) in [4.78, 5) is 19.7. The minimum Gasteiger partial charge on any atom is -0.481 e. The average molecular weight is 317 g/mol. The lowest BCUT2D eigenvalue weighted by atomic mass is 10.1. The van der Waals surface area contributed by atoms with Crippen molar-refractivity contribution in [2.75, 3.05) is 0 Å². The lowest BCUT2D eigenvalue weighted by Crippen LogP contribution is -1.96. The Morgan fingerprint density at radius 3 is 2.09 bits per heavy atom. The second kappa shape index (κ2) is 9.53. The van der Waals surface area contributed by atoms with E-state index < -0.39 is 5.97 Å². The van der Waals surface area contributed by atoms with Crippen molar-refractivity contribution >= 4 is 23.9 Å². The number of carbonyl (C=O) groups is 2. The van der Waals surface area contributed by atoms with Gasteiger partial charge in [0.15, 0.2) is 0 Å². The van der Waals surface area contributed by atoms with E-state index in [1.807, 2.05) is 42.5 Å². The minimum atomic E-state index is -0.943. The highest BCUT2D eigenvalue weighted by atomic mass is 35.5. The van der Waals surface area contributed by atoms with E-state index in [2.05, 4.69) is 18.7 Å². The fourth-order valence-corrected chi connectivity index (χ4v) is 1.80. The first-order valence-corrected chi connectivity index (χ1v) is 7.03. The molecule has 0 saturated heterocycles. The summed E-state index contributed by atoms with van der Waals surface area (Å²) in [5.41, 5.74) is 2.86. The Morgan fingerprint density at radius 2 is 1.59 bits per heavy atom. The van der Waals surface area contributed by atoms with Crippen LogP contribution in [0.5, 0.6) is 0 Å². The van der Waals surface area contributed by atoms with Crippen molar-refractivity contribution in [2.45, 2.75) is 12.8 Å². The molecule has 0 aromatic heterocycles. The number of halogens is 1. The summed E-state index contributed by atoms with van der Waals surface area (Å²) in [6.45, 7) is 3.37. The second-order valence-corrected chi connectivity index (χ2v) is 5.00. The van der Waals surface area contributed by atoms with Crippen LogP contribution in [0.15, 0.2) is 66.7 Å². The van der Waals surface area contributed by atoms with Crippen LogP contribution in [0.2, 0.25) is 5.02 Å². The van der Waals surface area contributed by atoms with Gasteiger partial charge in [0.2, 0.25) is 0 Å². The first-order chi connectivity index (χ1) is 10.5. The van der Waals surface area contributed by atoms with Gasteiger partial charge in [-0.1, -0.05) is 66.2 Å². The number of rotatable bonds is 5. The predicted octanol–water partition coefficient (Wildman–Crippen LogP) is 4.61. The van der Waals surface area contributed by atoms with Gasteiger partial charge in [0.05, 0.1) is 6.42 Å². The SMILES string of the molecule is C=C(CC=O)CC(=O)O.Clc1ccc(-c2ccccc2)cc1. The number of carboxylic acids is 1.